The Labute approximate surface area is 118 Å². The average molecular weight is 313 g/mol. The van der Waals surface area contributed by atoms with Crippen molar-refractivity contribution < 1.29 is 9.47 Å². The predicted octanol–water partition coefficient (Wildman–Crippen LogP) is 4.61. The Morgan fingerprint density at radius 1 is 1.22 bits per heavy atom. The molecule has 0 aliphatic rings. The van der Waals surface area contributed by atoms with Crippen molar-refractivity contribution in [3.8, 4) is 11.5 Å². The van der Waals surface area contributed by atoms with Crippen LogP contribution >= 0.6 is 15.9 Å². The molecule has 1 atom stereocenters. The summed E-state index contributed by atoms with van der Waals surface area (Å²) in [5, 5.41) is 0. The zero-order valence-corrected chi connectivity index (χ0v) is 12.9. The first-order chi connectivity index (χ1) is 8.62. The molecule has 2 nitrogen and oxygen atoms in total. The van der Waals surface area contributed by atoms with Crippen molar-refractivity contribution in [3.63, 3.8) is 0 Å². The third-order valence-corrected chi connectivity index (χ3v) is 3.28. The van der Waals surface area contributed by atoms with Gasteiger partial charge in [0.25, 0.3) is 0 Å². The second-order valence-electron chi connectivity index (χ2n) is 4.17. The Hall–Kier alpha value is -0.960. The highest BCUT2D eigenvalue weighted by atomic mass is 79.9. The van der Waals surface area contributed by atoms with Gasteiger partial charge in [-0.15, -0.1) is 6.58 Å². The Balaban J connectivity index is 3.06. The van der Waals surface area contributed by atoms with Crippen LogP contribution in [0.15, 0.2) is 29.3 Å². The topological polar surface area (TPSA) is 18.5 Å². The van der Waals surface area contributed by atoms with Crippen molar-refractivity contribution >= 4 is 15.9 Å². The number of hydrogen-bond donors (Lipinski definition) is 0. The van der Waals surface area contributed by atoms with Crippen LogP contribution in [-0.2, 0) is 6.42 Å². The maximum absolute atomic E-state index is 5.69. The van der Waals surface area contributed by atoms with Gasteiger partial charge in [-0.25, -0.2) is 0 Å². The normalized spacial score (nSPS) is 12.0. The summed E-state index contributed by atoms with van der Waals surface area (Å²) in [6, 6.07) is 4.04. The van der Waals surface area contributed by atoms with Crippen LogP contribution < -0.4 is 9.47 Å². The molecule has 0 amide bonds. The molecule has 1 unspecified atom stereocenters. The van der Waals surface area contributed by atoms with E-state index in [1.807, 2.05) is 26.0 Å². The first-order valence-corrected chi connectivity index (χ1v) is 7.12. The molecule has 0 aromatic heterocycles. The summed E-state index contributed by atoms with van der Waals surface area (Å²) in [6.45, 7) is 11.2. The minimum absolute atomic E-state index is 0.425. The van der Waals surface area contributed by atoms with Crippen LogP contribution in [0.5, 0.6) is 11.5 Å². The summed E-state index contributed by atoms with van der Waals surface area (Å²) < 4.78 is 12.2. The van der Waals surface area contributed by atoms with Gasteiger partial charge in [0.15, 0.2) is 0 Å². The summed E-state index contributed by atoms with van der Waals surface area (Å²) >= 11 is 3.54. The van der Waals surface area contributed by atoms with Crippen LogP contribution in [0.1, 0.15) is 26.3 Å². The molecule has 100 valence electrons. The molecular weight excluding hydrogens is 292 g/mol. The van der Waals surface area contributed by atoms with Crippen LogP contribution in [0.25, 0.3) is 0 Å². The number of allylic oxidation sites excluding steroid dienone is 1. The summed E-state index contributed by atoms with van der Waals surface area (Å²) in [5.74, 6) is 2.16. The van der Waals surface area contributed by atoms with Crippen molar-refractivity contribution in [2.75, 3.05) is 13.2 Å². The van der Waals surface area contributed by atoms with E-state index in [9.17, 15) is 0 Å². The first-order valence-electron chi connectivity index (χ1n) is 6.32. The van der Waals surface area contributed by atoms with E-state index in [0.29, 0.717) is 19.1 Å². The molecule has 0 N–H and O–H groups in total. The molecular formula is C15H21BrO2. The molecule has 3 heteroatoms. The maximum atomic E-state index is 5.69. The van der Waals surface area contributed by atoms with Crippen LogP contribution in [0.4, 0.5) is 0 Å². The van der Waals surface area contributed by atoms with E-state index in [-0.39, 0.29) is 0 Å². The highest BCUT2D eigenvalue weighted by Gasteiger charge is 2.12. The van der Waals surface area contributed by atoms with Gasteiger partial charge in [-0.3, -0.25) is 0 Å². The zero-order valence-electron chi connectivity index (χ0n) is 11.3. The molecule has 0 bridgehead atoms. The van der Waals surface area contributed by atoms with Gasteiger partial charge in [0.05, 0.1) is 17.7 Å². The summed E-state index contributed by atoms with van der Waals surface area (Å²) in [4.78, 5) is 0. The molecule has 0 radical (unpaired) electrons. The van der Waals surface area contributed by atoms with Gasteiger partial charge in [-0.2, -0.15) is 0 Å². The van der Waals surface area contributed by atoms with Crippen molar-refractivity contribution in [2.45, 2.75) is 27.2 Å². The fraction of sp³-hybridized carbons (Fsp3) is 0.467. The van der Waals surface area contributed by atoms with E-state index >= 15 is 0 Å². The van der Waals surface area contributed by atoms with Crippen molar-refractivity contribution in [2.24, 2.45) is 5.92 Å². The SMILES string of the molecule is C=CC(C)Cc1cc(Br)c(OCC)cc1OCC. The van der Waals surface area contributed by atoms with Crippen molar-refractivity contribution in [1.29, 1.82) is 0 Å². The maximum Gasteiger partial charge on any atom is 0.137 e. The monoisotopic (exact) mass is 312 g/mol. The molecule has 1 aromatic carbocycles. The lowest BCUT2D eigenvalue weighted by Crippen LogP contribution is -2.03. The van der Waals surface area contributed by atoms with E-state index < -0.39 is 0 Å². The Morgan fingerprint density at radius 2 is 1.83 bits per heavy atom. The lowest BCUT2D eigenvalue weighted by atomic mass is 10.0. The molecule has 0 heterocycles. The van der Waals surface area contributed by atoms with E-state index in [2.05, 4.69) is 35.5 Å². The highest BCUT2D eigenvalue weighted by molar-refractivity contribution is 9.10. The van der Waals surface area contributed by atoms with Gasteiger partial charge in [-0.1, -0.05) is 13.0 Å². The number of hydrogen-bond acceptors (Lipinski definition) is 2. The third kappa shape index (κ3) is 4.05. The number of rotatable bonds is 7. The van der Waals surface area contributed by atoms with Crippen LogP contribution in [0.3, 0.4) is 0 Å². The van der Waals surface area contributed by atoms with E-state index in [4.69, 9.17) is 9.47 Å². The van der Waals surface area contributed by atoms with Gasteiger partial charge in [-0.05, 0) is 53.7 Å². The molecule has 0 saturated heterocycles. The summed E-state index contributed by atoms with van der Waals surface area (Å²) in [7, 11) is 0. The molecule has 0 aliphatic heterocycles. The number of halogens is 1. The largest absolute Gasteiger partial charge is 0.493 e. The number of benzene rings is 1. The minimum Gasteiger partial charge on any atom is -0.493 e. The standard InChI is InChI=1S/C15H21BrO2/c1-5-11(4)8-12-9-13(16)15(18-7-3)10-14(12)17-6-2/h5,9-11H,1,6-8H2,2-4H3. The van der Waals surface area contributed by atoms with E-state index in [0.717, 1.165) is 22.4 Å². The Kier molecular flexibility index (Phi) is 6.27. The van der Waals surface area contributed by atoms with Crippen molar-refractivity contribution in [3.05, 3.63) is 34.8 Å². The second-order valence-corrected chi connectivity index (χ2v) is 5.03. The molecule has 0 saturated carbocycles. The highest BCUT2D eigenvalue weighted by Crippen LogP contribution is 2.34. The van der Waals surface area contributed by atoms with Crippen molar-refractivity contribution in [1.82, 2.24) is 0 Å². The van der Waals surface area contributed by atoms with Gasteiger partial charge < -0.3 is 9.47 Å². The second kappa shape index (κ2) is 7.47. The summed E-state index contributed by atoms with van der Waals surface area (Å²) in [5.41, 5.74) is 1.18. The van der Waals surface area contributed by atoms with E-state index in [1.54, 1.807) is 0 Å². The number of ether oxygens (including phenoxy) is 2. The van der Waals surface area contributed by atoms with Gasteiger partial charge in [0.2, 0.25) is 0 Å². The fourth-order valence-electron chi connectivity index (χ4n) is 1.72. The molecule has 1 aromatic rings. The van der Waals surface area contributed by atoms with E-state index in [1.165, 1.54) is 5.56 Å². The Bertz CT molecular complexity index is 402. The lowest BCUT2D eigenvalue weighted by molar-refractivity contribution is 0.319. The Morgan fingerprint density at radius 3 is 2.39 bits per heavy atom. The first kappa shape index (κ1) is 15.1. The fourth-order valence-corrected chi connectivity index (χ4v) is 2.23. The minimum atomic E-state index is 0.425. The quantitative estimate of drug-likeness (QED) is 0.684. The lowest BCUT2D eigenvalue weighted by Gasteiger charge is -2.15. The smallest absolute Gasteiger partial charge is 0.137 e. The zero-order chi connectivity index (χ0) is 13.5. The third-order valence-electron chi connectivity index (χ3n) is 2.66. The van der Waals surface area contributed by atoms with Crippen LogP contribution in [0, 0.1) is 5.92 Å². The molecule has 18 heavy (non-hydrogen) atoms. The molecule has 1 rings (SSSR count). The van der Waals surface area contributed by atoms with Gasteiger partial charge >= 0.3 is 0 Å². The van der Waals surface area contributed by atoms with Crippen LogP contribution in [-0.4, -0.2) is 13.2 Å². The molecule has 0 fully saturated rings. The van der Waals surface area contributed by atoms with Gasteiger partial charge in [0, 0.05) is 6.07 Å². The average Bonchev–Trinajstić information content (AvgIpc) is 2.35. The summed E-state index contributed by atoms with van der Waals surface area (Å²) in [6.07, 6.45) is 2.88. The molecule has 0 spiro atoms. The van der Waals surface area contributed by atoms with Gasteiger partial charge in [0.1, 0.15) is 11.5 Å². The van der Waals surface area contributed by atoms with Crippen LogP contribution in [0.2, 0.25) is 0 Å². The molecule has 0 aliphatic carbocycles. The predicted molar refractivity (Wildman–Crippen MR) is 79.5 cm³/mol.